The molecule has 2 aromatic heterocycles. The second-order valence-electron chi connectivity index (χ2n) is 11.7. The number of hydrogen-bond acceptors (Lipinski definition) is 2. The van der Waals surface area contributed by atoms with Gasteiger partial charge in [-0.2, -0.15) is 4.57 Å². The van der Waals surface area contributed by atoms with E-state index in [9.17, 15) is 30.3 Å². The SMILES string of the molecule is CCn1c2cc(/C=C/c3cc[n+](CCO)c4ccccc34)ccc2c2ccc(N(c3ccccc3)c3ccccc3)cc21.F[P-](F)(F)(F)(F)F. The fourth-order valence-electron chi connectivity index (χ4n) is 6.23. The van der Waals surface area contributed by atoms with E-state index in [-0.39, 0.29) is 6.61 Å². The van der Waals surface area contributed by atoms with Gasteiger partial charge in [0.2, 0.25) is 5.52 Å². The standard InChI is InChI=1S/C39H34N3O.F6P/c1-2-41-38-27-29(17-19-30-23-24-40(25-26-43)37-16-10-9-15-34(30)37)18-21-35(38)36-22-20-33(28-39(36)41)42(31-11-5-3-6-12-31)32-13-7-4-8-14-32;1-7(2,3,4,5)6/h3-24,27-28,43H,2,25-26H2,1H3;/q+1;-1. The van der Waals surface area contributed by atoms with Crippen LogP contribution in [0.1, 0.15) is 18.1 Å². The summed E-state index contributed by atoms with van der Waals surface area (Å²) in [6.45, 7) is 3.80. The van der Waals surface area contributed by atoms with Gasteiger partial charge in [-0.1, -0.05) is 78.9 Å². The van der Waals surface area contributed by atoms with Crippen LogP contribution < -0.4 is 9.47 Å². The van der Waals surface area contributed by atoms with Crippen LogP contribution in [-0.4, -0.2) is 16.3 Å². The number of anilines is 3. The molecular weight excluding hydrogens is 671 g/mol. The molecule has 0 fully saturated rings. The van der Waals surface area contributed by atoms with Crippen LogP contribution in [0.3, 0.4) is 0 Å². The van der Waals surface area contributed by atoms with Gasteiger partial charge in [-0.25, -0.2) is 0 Å². The van der Waals surface area contributed by atoms with Gasteiger partial charge in [0.25, 0.3) is 0 Å². The Morgan fingerprint density at radius 2 is 1.20 bits per heavy atom. The van der Waals surface area contributed by atoms with Crippen molar-refractivity contribution in [2.45, 2.75) is 20.0 Å². The average Bonchev–Trinajstić information content (AvgIpc) is 3.40. The molecule has 258 valence electrons. The Kier molecular flexibility index (Phi) is 8.97. The molecule has 0 unspecified atom stereocenters. The average molecular weight is 706 g/mol. The molecule has 0 aliphatic carbocycles. The second-order valence-corrected chi connectivity index (χ2v) is 13.6. The molecule has 0 bridgehead atoms. The molecule has 5 aromatic carbocycles. The van der Waals surface area contributed by atoms with Crippen molar-refractivity contribution in [3.8, 4) is 0 Å². The van der Waals surface area contributed by atoms with Crippen molar-refractivity contribution in [2.75, 3.05) is 11.5 Å². The van der Waals surface area contributed by atoms with Gasteiger partial charge in [0.1, 0.15) is 6.61 Å². The summed E-state index contributed by atoms with van der Waals surface area (Å²) in [5, 5.41) is 13.2. The zero-order chi connectivity index (χ0) is 35.6. The first-order valence-electron chi connectivity index (χ1n) is 15.9. The Balaban J connectivity index is 0.000000561. The monoisotopic (exact) mass is 705 g/mol. The number of aromatic nitrogens is 2. The van der Waals surface area contributed by atoms with E-state index in [4.69, 9.17) is 0 Å². The summed E-state index contributed by atoms with van der Waals surface area (Å²) in [7, 11) is -10.7. The van der Waals surface area contributed by atoms with Crippen LogP contribution in [0.2, 0.25) is 0 Å². The topological polar surface area (TPSA) is 32.3 Å². The summed E-state index contributed by atoms with van der Waals surface area (Å²) in [4.78, 5) is 2.32. The number of aliphatic hydroxyl groups excluding tert-OH is 1. The number of halogens is 6. The van der Waals surface area contributed by atoms with Crippen LogP contribution in [0.15, 0.2) is 134 Å². The first-order chi connectivity index (χ1) is 23.7. The van der Waals surface area contributed by atoms with Gasteiger partial charge in [0.15, 0.2) is 12.7 Å². The van der Waals surface area contributed by atoms with Crippen molar-refractivity contribution in [3.63, 3.8) is 0 Å². The number of aryl methyl sites for hydroxylation is 1. The van der Waals surface area contributed by atoms with Crippen molar-refractivity contribution >= 4 is 69.7 Å². The number of pyridine rings is 1. The number of nitrogens with zero attached hydrogens (tertiary/aromatic N) is 3. The Bertz CT molecular complexity index is 2280. The molecule has 50 heavy (non-hydrogen) atoms. The van der Waals surface area contributed by atoms with Gasteiger partial charge in [-0.3, -0.25) is 0 Å². The normalized spacial score (nSPS) is 13.3. The van der Waals surface area contributed by atoms with E-state index in [1.165, 1.54) is 27.2 Å². The molecule has 2 heterocycles. The van der Waals surface area contributed by atoms with Gasteiger partial charge in [-0.05, 0) is 66.6 Å². The van der Waals surface area contributed by atoms with E-state index >= 15 is 0 Å². The number of fused-ring (bicyclic) bond motifs is 4. The molecule has 0 saturated carbocycles. The number of rotatable bonds is 8. The van der Waals surface area contributed by atoms with Crippen molar-refractivity contribution in [3.05, 3.63) is 145 Å². The number of hydrogen-bond donors (Lipinski definition) is 1. The van der Waals surface area contributed by atoms with Crippen molar-refractivity contribution < 1.29 is 34.9 Å². The number of para-hydroxylation sites is 3. The third-order valence-corrected chi connectivity index (χ3v) is 8.23. The van der Waals surface area contributed by atoms with Gasteiger partial charge in [-0.15, -0.1) is 0 Å². The fraction of sp³-hybridized carbons (Fsp3) is 0.103. The van der Waals surface area contributed by atoms with E-state index in [2.05, 4.69) is 161 Å². The summed E-state index contributed by atoms with van der Waals surface area (Å²) < 4.78 is 63.7. The summed E-state index contributed by atoms with van der Waals surface area (Å²) in [6.07, 6.45) is 6.46. The molecule has 0 spiro atoms. The van der Waals surface area contributed by atoms with Gasteiger partial charge in [0.05, 0.1) is 10.9 Å². The van der Waals surface area contributed by atoms with E-state index in [0.717, 1.165) is 40.3 Å². The van der Waals surface area contributed by atoms with Crippen LogP contribution in [0, 0.1) is 0 Å². The number of benzene rings is 5. The van der Waals surface area contributed by atoms with Crippen LogP contribution in [-0.2, 0) is 13.1 Å². The molecule has 0 radical (unpaired) electrons. The van der Waals surface area contributed by atoms with E-state index in [1.807, 2.05) is 6.07 Å². The minimum atomic E-state index is -10.7. The van der Waals surface area contributed by atoms with Crippen LogP contribution >= 0.6 is 7.81 Å². The van der Waals surface area contributed by atoms with Gasteiger partial charge < -0.3 is 14.6 Å². The van der Waals surface area contributed by atoms with Crippen molar-refractivity contribution in [1.82, 2.24) is 4.57 Å². The van der Waals surface area contributed by atoms with E-state index in [1.54, 1.807) is 0 Å². The predicted molar refractivity (Wildman–Crippen MR) is 194 cm³/mol. The zero-order valence-corrected chi connectivity index (χ0v) is 27.9. The molecule has 11 heteroatoms. The predicted octanol–water partition coefficient (Wildman–Crippen LogP) is 12.3. The van der Waals surface area contributed by atoms with Crippen LogP contribution in [0.4, 0.5) is 42.2 Å². The van der Waals surface area contributed by atoms with E-state index < -0.39 is 7.81 Å². The Hall–Kier alpha value is -5.18. The van der Waals surface area contributed by atoms with E-state index in [0.29, 0.717) is 6.54 Å². The third-order valence-electron chi connectivity index (χ3n) is 8.23. The molecule has 0 aliphatic heterocycles. The van der Waals surface area contributed by atoms with Gasteiger partial charge >= 0.3 is 33.0 Å². The quantitative estimate of drug-likeness (QED) is 0.0970. The molecule has 0 saturated heterocycles. The molecule has 1 N–H and O–H groups in total. The molecule has 0 atom stereocenters. The first-order valence-corrected chi connectivity index (χ1v) is 18.0. The Morgan fingerprint density at radius 3 is 1.80 bits per heavy atom. The van der Waals surface area contributed by atoms with Crippen LogP contribution in [0.25, 0.3) is 44.9 Å². The Morgan fingerprint density at radius 1 is 0.640 bits per heavy atom. The summed E-state index contributed by atoms with van der Waals surface area (Å²) >= 11 is 0. The second kappa shape index (κ2) is 12.9. The fourth-order valence-corrected chi connectivity index (χ4v) is 6.23. The third kappa shape index (κ3) is 8.33. The first kappa shape index (κ1) is 34.7. The maximum absolute atomic E-state index is 10.7. The molecular formula is C39H34F6N3OP. The summed E-state index contributed by atoms with van der Waals surface area (Å²) in [5.41, 5.74) is 9.32. The summed E-state index contributed by atoms with van der Waals surface area (Å²) in [5.74, 6) is 0. The molecule has 7 aromatic rings. The molecule has 0 aliphatic rings. The molecule has 7 rings (SSSR count). The Labute approximate surface area is 285 Å². The van der Waals surface area contributed by atoms with Crippen molar-refractivity contribution in [1.29, 1.82) is 0 Å². The van der Waals surface area contributed by atoms with Crippen molar-refractivity contribution in [2.24, 2.45) is 0 Å². The molecule has 0 amide bonds. The van der Waals surface area contributed by atoms with Crippen LogP contribution in [0.5, 0.6) is 0 Å². The maximum atomic E-state index is 9.87. The van der Waals surface area contributed by atoms with Gasteiger partial charge in [0, 0.05) is 52.0 Å². The summed E-state index contributed by atoms with van der Waals surface area (Å²) in [6, 6.07) is 45.2. The zero-order valence-electron chi connectivity index (χ0n) is 27.0. The minimum absolute atomic E-state index is 0.118. The number of aliphatic hydroxyl groups is 1. The molecule has 4 nitrogen and oxygen atoms in total.